The van der Waals surface area contributed by atoms with E-state index in [-0.39, 0.29) is 5.91 Å². The van der Waals surface area contributed by atoms with E-state index in [0.717, 1.165) is 64.1 Å². The van der Waals surface area contributed by atoms with E-state index in [0.29, 0.717) is 0 Å². The monoisotopic (exact) mass is 517 g/mol. The smallest absolute Gasteiger partial charge is 0.259 e. The number of aliphatic imine (C=N–C) groups is 1. The predicted octanol–water partition coefficient (Wildman–Crippen LogP) is 8.25. The molecule has 0 bridgehead atoms. The normalized spacial score (nSPS) is 13.2. The summed E-state index contributed by atoms with van der Waals surface area (Å²) in [5.74, 6) is -0.0620. The molecule has 0 saturated heterocycles. The number of carbonyl (C=O) groups is 1. The van der Waals surface area contributed by atoms with Gasteiger partial charge in [0.2, 0.25) is 0 Å². The number of thiophene rings is 1. The molecular formula is C33H31N3OS. The molecule has 2 heterocycles. The van der Waals surface area contributed by atoms with E-state index in [1.165, 1.54) is 27.9 Å². The fourth-order valence-corrected chi connectivity index (χ4v) is 6.76. The fourth-order valence-electron chi connectivity index (χ4n) is 5.53. The first-order valence-electron chi connectivity index (χ1n) is 13.3. The van der Waals surface area contributed by atoms with Crippen LogP contribution in [-0.4, -0.2) is 16.7 Å². The van der Waals surface area contributed by atoms with Crippen LogP contribution in [0.4, 0.5) is 10.7 Å². The summed E-state index contributed by atoms with van der Waals surface area (Å²) in [6, 6.07) is 25.1. The third-order valence-electron chi connectivity index (χ3n) is 7.20. The molecule has 0 spiro atoms. The molecule has 38 heavy (non-hydrogen) atoms. The molecule has 5 aromatic rings. The van der Waals surface area contributed by atoms with Gasteiger partial charge >= 0.3 is 0 Å². The Kier molecular flexibility index (Phi) is 6.69. The number of hydrogen-bond donors (Lipinski definition) is 1. The van der Waals surface area contributed by atoms with Crippen molar-refractivity contribution in [3.63, 3.8) is 0 Å². The molecule has 4 nitrogen and oxygen atoms in total. The highest BCUT2D eigenvalue weighted by molar-refractivity contribution is 7.16. The van der Waals surface area contributed by atoms with Gasteiger partial charge in [0.15, 0.2) is 0 Å². The Morgan fingerprint density at radius 1 is 0.974 bits per heavy atom. The van der Waals surface area contributed by atoms with E-state index in [9.17, 15) is 4.79 Å². The Labute approximate surface area is 227 Å². The maximum Gasteiger partial charge on any atom is 0.259 e. The van der Waals surface area contributed by atoms with Crippen LogP contribution in [0.3, 0.4) is 0 Å². The summed E-state index contributed by atoms with van der Waals surface area (Å²) in [5, 5.41) is 5.13. The van der Waals surface area contributed by atoms with Crippen molar-refractivity contribution in [3.05, 3.63) is 117 Å². The highest BCUT2D eigenvalue weighted by Gasteiger charge is 2.25. The van der Waals surface area contributed by atoms with Gasteiger partial charge in [-0.3, -0.25) is 4.79 Å². The van der Waals surface area contributed by atoms with Gasteiger partial charge in [-0.05, 0) is 80.0 Å². The quantitative estimate of drug-likeness (QED) is 0.227. The van der Waals surface area contributed by atoms with Gasteiger partial charge in [0, 0.05) is 46.0 Å². The van der Waals surface area contributed by atoms with Crippen LogP contribution in [0, 0.1) is 13.8 Å². The van der Waals surface area contributed by atoms with Gasteiger partial charge in [-0.25, -0.2) is 4.99 Å². The van der Waals surface area contributed by atoms with E-state index in [2.05, 4.69) is 84.5 Å². The van der Waals surface area contributed by atoms with Gasteiger partial charge < -0.3 is 9.88 Å². The summed E-state index contributed by atoms with van der Waals surface area (Å²) in [5.41, 5.74) is 8.53. The van der Waals surface area contributed by atoms with E-state index in [4.69, 9.17) is 4.99 Å². The maximum atomic E-state index is 13.6. The third kappa shape index (κ3) is 4.94. The standard InChI is InChI=1S/C33H31N3OS/c1-22-16-23(2)18-26(17-22)35-32(37)31-28-13-7-9-15-30(28)38-33(31)34-19-25-21-36(20-24-10-4-3-5-11-24)29-14-8-6-12-27(25)29/h3-6,8,10-12,14,16-19,21H,7,9,13,15,20H2,1-2H3,(H,35,37). The minimum atomic E-state index is -0.0620. The third-order valence-corrected chi connectivity index (χ3v) is 8.40. The zero-order chi connectivity index (χ0) is 26.1. The van der Waals surface area contributed by atoms with Crippen molar-refractivity contribution in [3.8, 4) is 0 Å². The lowest BCUT2D eigenvalue weighted by Gasteiger charge is -2.13. The van der Waals surface area contributed by atoms with Crippen molar-refractivity contribution < 1.29 is 4.79 Å². The van der Waals surface area contributed by atoms with Crippen LogP contribution in [0.1, 0.15) is 55.9 Å². The zero-order valence-electron chi connectivity index (χ0n) is 21.8. The number of amides is 1. The highest BCUT2D eigenvalue weighted by atomic mass is 32.1. The minimum Gasteiger partial charge on any atom is -0.342 e. The molecule has 0 unspecified atom stereocenters. The second-order valence-corrected chi connectivity index (χ2v) is 11.3. The number of benzene rings is 3. The van der Waals surface area contributed by atoms with Crippen molar-refractivity contribution in [2.45, 2.75) is 46.1 Å². The molecule has 0 atom stereocenters. The van der Waals surface area contributed by atoms with E-state index >= 15 is 0 Å². The Morgan fingerprint density at radius 3 is 2.53 bits per heavy atom. The van der Waals surface area contributed by atoms with E-state index in [1.807, 2.05) is 24.4 Å². The molecule has 1 aliphatic carbocycles. The van der Waals surface area contributed by atoms with Gasteiger partial charge in [0.25, 0.3) is 5.91 Å². The molecule has 190 valence electrons. The first-order chi connectivity index (χ1) is 18.5. The Hall–Kier alpha value is -3.96. The largest absolute Gasteiger partial charge is 0.342 e. The van der Waals surface area contributed by atoms with Crippen LogP contribution in [0.5, 0.6) is 0 Å². The van der Waals surface area contributed by atoms with Crippen molar-refractivity contribution in [2.24, 2.45) is 4.99 Å². The Balaban J connectivity index is 1.36. The van der Waals surface area contributed by atoms with Crippen LogP contribution in [0.15, 0.2) is 84.0 Å². The van der Waals surface area contributed by atoms with Crippen LogP contribution in [0.25, 0.3) is 10.9 Å². The number of hydrogen-bond acceptors (Lipinski definition) is 3. The van der Waals surface area contributed by atoms with E-state index in [1.54, 1.807) is 11.3 Å². The minimum absolute atomic E-state index is 0.0620. The number of rotatable bonds is 6. The number of fused-ring (bicyclic) bond motifs is 2. The molecular weight excluding hydrogens is 486 g/mol. The summed E-state index contributed by atoms with van der Waals surface area (Å²) < 4.78 is 2.28. The SMILES string of the molecule is Cc1cc(C)cc(NC(=O)c2c(N=Cc3cn(Cc4ccccc4)c4ccccc34)sc3c2CCCC3)c1. The molecule has 1 amide bonds. The number of para-hydroxylation sites is 1. The van der Waals surface area contributed by atoms with Crippen LogP contribution < -0.4 is 5.32 Å². The number of nitrogens with zero attached hydrogens (tertiary/aromatic N) is 2. The molecule has 1 aliphatic rings. The molecule has 0 fully saturated rings. The van der Waals surface area contributed by atoms with E-state index < -0.39 is 0 Å². The summed E-state index contributed by atoms with van der Waals surface area (Å²) >= 11 is 1.68. The second-order valence-electron chi connectivity index (χ2n) is 10.2. The summed E-state index contributed by atoms with van der Waals surface area (Å²) in [4.78, 5) is 19.9. The summed E-state index contributed by atoms with van der Waals surface area (Å²) in [7, 11) is 0. The molecule has 2 aromatic heterocycles. The number of aryl methyl sites for hydroxylation is 3. The van der Waals surface area contributed by atoms with Crippen LogP contribution >= 0.6 is 11.3 Å². The number of anilines is 1. The lowest BCUT2D eigenvalue weighted by molar-refractivity contribution is 0.102. The van der Waals surface area contributed by atoms with Crippen molar-refractivity contribution in [1.29, 1.82) is 0 Å². The molecule has 5 heteroatoms. The van der Waals surface area contributed by atoms with Crippen molar-refractivity contribution in [1.82, 2.24) is 4.57 Å². The van der Waals surface area contributed by atoms with Crippen LogP contribution in [-0.2, 0) is 19.4 Å². The maximum absolute atomic E-state index is 13.6. The molecule has 0 aliphatic heterocycles. The van der Waals surface area contributed by atoms with Gasteiger partial charge in [-0.2, -0.15) is 0 Å². The summed E-state index contributed by atoms with van der Waals surface area (Å²) in [6.07, 6.45) is 8.35. The first-order valence-corrected chi connectivity index (χ1v) is 14.1. The Bertz CT molecular complexity index is 1640. The highest BCUT2D eigenvalue weighted by Crippen LogP contribution is 2.40. The lowest BCUT2D eigenvalue weighted by atomic mass is 9.95. The molecule has 6 rings (SSSR count). The number of nitrogens with one attached hydrogen (secondary N) is 1. The molecule has 0 saturated carbocycles. The Morgan fingerprint density at radius 2 is 1.71 bits per heavy atom. The first kappa shape index (κ1) is 24.4. The lowest BCUT2D eigenvalue weighted by Crippen LogP contribution is -2.15. The molecule has 0 radical (unpaired) electrons. The number of carbonyl (C=O) groups excluding carboxylic acids is 1. The predicted molar refractivity (Wildman–Crippen MR) is 160 cm³/mol. The zero-order valence-corrected chi connectivity index (χ0v) is 22.6. The topological polar surface area (TPSA) is 46.4 Å². The molecule has 1 N–H and O–H groups in total. The fraction of sp³-hybridized carbons (Fsp3) is 0.212. The molecule has 3 aromatic carbocycles. The summed E-state index contributed by atoms with van der Waals surface area (Å²) in [6.45, 7) is 4.91. The van der Waals surface area contributed by atoms with Gasteiger partial charge in [0.1, 0.15) is 5.00 Å². The second kappa shape index (κ2) is 10.4. The van der Waals surface area contributed by atoms with Crippen molar-refractivity contribution >= 4 is 45.0 Å². The average Bonchev–Trinajstić information content (AvgIpc) is 3.45. The van der Waals surface area contributed by atoms with Gasteiger partial charge in [-0.15, -0.1) is 11.3 Å². The van der Waals surface area contributed by atoms with Gasteiger partial charge in [0.05, 0.1) is 5.56 Å². The number of aromatic nitrogens is 1. The van der Waals surface area contributed by atoms with Gasteiger partial charge in [-0.1, -0.05) is 54.6 Å². The van der Waals surface area contributed by atoms with Crippen LogP contribution in [0.2, 0.25) is 0 Å². The average molecular weight is 518 g/mol. The van der Waals surface area contributed by atoms with Crippen molar-refractivity contribution in [2.75, 3.05) is 5.32 Å².